The Morgan fingerprint density at radius 2 is 1.92 bits per heavy atom. The van der Waals surface area contributed by atoms with Crippen LogP contribution in [0.15, 0.2) is 0 Å². The van der Waals surface area contributed by atoms with E-state index in [1.165, 1.54) is 0 Å². The van der Waals surface area contributed by atoms with Crippen molar-refractivity contribution < 1.29 is 89.8 Å². The number of amides is 1. The van der Waals surface area contributed by atoms with Crippen molar-refractivity contribution in [3.63, 3.8) is 0 Å². The summed E-state index contributed by atoms with van der Waals surface area (Å²) in [6.07, 6.45) is -0.718. The molecule has 1 amide bonds. The fourth-order valence-electron chi connectivity index (χ4n) is 0.462. The average Bonchev–Trinajstić information content (AvgIpc) is 1.79. The first-order valence-electron chi connectivity index (χ1n) is 3.50. The molecule has 0 aromatic heterocycles. The Balaban J connectivity index is -0.000000605. The third-order valence-electron chi connectivity index (χ3n) is 0.783. The van der Waals surface area contributed by atoms with E-state index in [0.717, 1.165) is 0 Å². The first kappa shape index (κ1) is 16.2. The number of ether oxygens (including phenoxy) is 1. The van der Waals surface area contributed by atoms with Crippen LogP contribution in [-0.2, 0) is 9.53 Å². The van der Waals surface area contributed by atoms with Crippen molar-refractivity contribution in [1.82, 2.24) is 5.32 Å². The van der Waals surface area contributed by atoms with Gasteiger partial charge in [-0.15, -0.1) is 0 Å². The third-order valence-corrected chi connectivity index (χ3v) is 0.783. The van der Waals surface area contributed by atoms with Crippen molar-refractivity contribution in [3.05, 3.63) is 0 Å². The monoisotopic (exact) mass is 309 g/mol. The molecule has 0 spiro atoms. The molecular formula is C7H14CsNO4. The summed E-state index contributed by atoms with van der Waals surface area (Å²) in [7, 11) is 0. The van der Waals surface area contributed by atoms with E-state index in [0.29, 0.717) is 0 Å². The molecule has 0 unspecified atom stereocenters. The van der Waals surface area contributed by atoms with Crippen molar-refractivity contribution in [2.24, 2.45) is 0 Å². The Bertz CT molecular complexity index is 193. The number of carbonyl (C=O) groups excluding carboxylic acids is 1. The van der Waals surface area contributed by atoms with E-state index >= 15 is 0 Å². The third kappa shape index (κ3) is 12.8. The van der Waals surface area contributed by atoms with Gasteiger partial charge >= 0.3 is 81.0 Å². The number of rotatable bonds is 2. The molecule has 0 aliphatic heterocycles. The van der Waals surface area contributed by atoms with Crippen LogP contribution in [0.5, 0.6) is 0 Å². The summed E-state index contributed by atoms with van der Waals surface area (Å²) in [5.74, 6) is -1.10. The van der Waals surface area contributed by atoms with E-state index in [1.807, 2.05) is 0 Å². The van der Waals surface area contributed by atoms with Crippen LogP contribution in [0.1, 0.15) is 22.2 Å². The minimum Gasteiger partial charge on any atom is -1.00 e. The summed E-state index contributed by atoms with van der Waals surface area (Å²) in [6, 6.07) is 0. The molecular weight excluding hydrogens is 295 g/mol. The fourth-order valence-corrected chi connectivity index (χ4v) is 0.462. The minimum absolute atomic E-state index is 0. The predicted octanol–water partition coefficient (Wildman–Crippen LogP) is -2.29. The molecule has 0 aromatic carbocycles. The van der Waals surface area contributed by atoms with Gasteiger partial charge in [-0.3, -0.25) is 4.79 Å². The Labute approximate surface area is 137 Å². The van der Waals surface area contributed by atoms with Gasteiger partial charge in [0.05, 0.1) is 0 Å². The number of alkyl carbamates (subject to hydrolysis) is 1. The molecule has 0 aliphatic rings. The molecule has 0 aromatic rings. The Kier molecular flexibility index (Phi) is 8.90. The molecule has 13 heavy (non-hydrogen) atoms. The minimum atomic E-state index is -1.10. The number of carboxylic acid groups (broad SMARTS) is 1. The van der Waals surface area contributed by atoms with E-state index in [4.69, 9.17) is 9.84 Å². The van der Waals surface area contributed by atoms with Crippen LogP contribution in [-0.4, -0.2) is 29.3 Å². The van der Waals surface area contributed by atoms with Gasteiger partial charge in [0.15, 0.2) is 0 Å². The molecule has 0 fully saturated rings. The summed E-state index contributed by atoms with van der Waals surface area (Å²) in [5.41, 5.74) is -0.595. The van der Waals surface area contributed by atoms with Gasteiger partial charge in [0.25, 0.3) is 0 Å². The van der Waals surface area contributed by atoms with E-state index in [9.17, 15) is 9.59 Å². The summed E-state index contributed by atoms with van der Waals surface area (Å²) in [5, 5.41) is 10.3. The van der Waals surface area contributed by atoms with E-state index < -0.39 is 24.2 Å². The Hall–Kier alpha value is 0.792. The molecule has 0 bridgehead atoms. The van der Waals surface area contributed by atoms with Crippen LogP contribution in [0, 0.1) is 0 Å². The van der Waals surface area contributed by atoms with Gasteiger partial charge in [-0.25, -0.2) is 4.79 Å². The van der Waals surface area contributed by atoms with Gasteiger partial charge in [0, 0.05) is 0 Å². The van der Waals surface area contributed by atoms with Crippen molar-refractivity contribution in [1.29, 1.82) is 0 Å². The van der Waals surface area contributed by atoms with Crippen LogP contribution < -0.4 is 74.2 Å². The molecule has 6 heteroatoms. The molecule has 0 radical (unpaired) electrons. The second kappa shape index (κ2) is 7.13. The Morgan fingerprint density at radius 3 is 2.23 bits per heavy atom. The van der Waals surface area contributed by atoms with Crippen LogP contribution in [0.25, 0.3) is 0 Å². The van der Waals surface area contributed by atoms with Gasteiger partial charge in [-0.2, -0.15) is 0 Å². The standard InChI is InChI=1S/C7H13NO4.Cs.H/c1-7(2,3)12-6(11)8-4-5(9)10;;/h4H2,1-3H3,(H,8,11)(H,9,10);;/q;+1;-1. The maximum Gasteiger partial charge on any atom is 1.00 e. The number of carbonyl (C=O) groups is 2. The van der Waals surface area contributed by atoms with Crippen molar-refractivity contribution in [3.8, 4) is 0 Å². The molecule has 0 saturated carbocycles. The first-order valence-corrected chi connectivity index (χ1v) is 3.50. The SMILES string of the molecule is CC(C)(C)OC(=O)NCC(=O)O.[Cs+].[H-]. The van der Waals surface area contributed by atoms with Crippen LogP contribution in [0.3, 0.4) is 0 Å². The van der Waals surface area contributed by atoms with Crippen molar-refractivity contribution >= 4 is 12.1 Å². The molecule has 0 aliphatic carbocycles. The smallest absolute Gasteiger partial charge is 1.00 e. The molecule has 0 heterocycles. The van der Waals surface area contributed by atoms with Crippen molar-refractivity contribution in [2.75, 3.05) is 6.54 Å². The van der Waals surface area contributed by atoms with Gasteiger partial charge in [-0.1, -0.05) is 0 Å². The Morgan fingerprint density at radius 1 is 1.46 bits per heavy atom. The average molecular weight is 309 g/mol. The molecule has 0 saturated heterocycles. The van der Waals surface area contributed by atoms with E-state index in [-0.39, 0.29) is 70.3 Å². The summed E-state index contributed by atoms with van der Waals surface area (Å²) < 4.78 is 4.77. The van der Waals surface area contributed by atoms with Crippen LogP contribution >= 0.6 is 0 Å². The fraction of sp³-hybridized carbons (Fsp3) is 0.714. The van der Waals surface area contributed by atoms with Gasteiger partial charge in [0.1, 0.15) is 12.1 Å². The van der Waals surface area contributed by atoms with Gasteiger partial charge in [-0.05, 0) is 20.8 Å². The molecule has 2 N–H and O–H groups in total. The molecule has 5 nitrogen and oxygen atoms in total. The normalized spacial score (nSPS) is 9.77. The number of nitrogens with one attached hydrogen (secondary N) is 1. The molecule has 0 rings (SSSR count). The topological polar surface area (TPSA) is 75.6 Å². The number of carboxylic acids is 1. The number of aliphatic carboxylic acids is 1. The first-order chi connectivity index (χ1) is 5.31. The second-order valence-corrected chi connectivity index (χ2v) is 3.25. The molecule has 72 valence electrons. The van der Waals surface area contributed by atoms with Gasteiger partial charge in [0.2, 0.25) is 0 Å². The maximum absolute atomic E-state index is 10.8. The van der Waals surface area contributed by atoms with E-state index in [2.05, 4.69) is 5.32 Å². The quantitative estimate of drug-likeness (QED) is 0.602. The zero-order valence-corrected chi connectivity index (χ0v) is 14.7. The maximum atomic E-state index is 10.8. The summed E-state index contributed by atoms with van der Waals surface area (Å²) in [4.78, 5) is 20.8. The second-order valence-electron chi connectivity index (χ2n) is 3.25. The van der Waals surface area contributed by atoms with Crippen molar-refractivity contribution in [2.45, 2.75) is 26.4 Å². The van der Waals surface area contributed by atoms with Crippen LogP contribution in [0.2, 0.25) is 0 Å². The predicted molar refractivity (Wildman–Crippen MR) is 43.0 cm³/mol. The summed E-state index contributed by atoms with van der Waals surface area (Å²) in [6.45, 7) is 4.68. The number of hydrogen-bond acceptors (Lipinski definition) is 3. The zero-order chi connectivity index (χ0) is 9.78. The van der Waals surface area contributed by atoms with E-state index in [1.54, 1.807) is 20.8 Å². The largest absolute Gasteiger partial charge is 1.00 e. The summed E-state index contributed by atoms with van der Waals surface area (Å²) >= 11 is 0. The zero-order valence-electron chi connectivity index (χ0n) is 9.38. The van der Waals surface area contributed by atoms with Crippen LogP contribution in [0.4, 0.5) is 4.79 Å². The molecule has 0 atom stereocenters. The van der Waals surface area contributed by atoms with Gasteiger partial charge < -0.3 is 16.6 Å². The number of hydrogen-bond donors (Lipinski definition) is 2.